The van der Waals surface area contributed by atoms with Gasteiger partial charge < -0.3 is 19.9 Å². The molecule has 6 nitrogen and oxygen atoms in total. The van der Waals surface area contributed by atoms with Gasteiger partial charge in [0, 0.05) is 59.9 Å². The van der Waals surface area contributed by atoms with E-state index in [0.717, 1.165) is 38.8 Å². The molecule has 53 heavy (non-hydrogen) atoms. The summed E-state index contributed by atoms with van der Waals surface area (Å²) in [6, 6.07) is 26.1. The van der Waals surface area contributed by atoms with E-state index in [1.807, 2.05) is 0 Å². The van der Waals surface area contributed by atoms with Crippen molar-refractivity contribution < 1.29 is 24.4 Å². The molecule has 0 saturated carbocycles. The molecule has 4 aromatic carbocycles. The van der Waals surface area contributed by atoms with Crippen LogP contribution in [0.2, 0.25) is 0 Å². The summed E-state index contributed by atoms with van der Waals surface area (Å²) >= 11 is 0. The Kier molecular flexibility index (Phi) is 11.5. The number of aliphatic carboxylic acids is 2. The standard InChI is InChI=1S/C47H52N2O4/c1-46(2)40(48(32-18-8-12-26-42(50)51)38-30-28-34-20-14-16-22-36(34)44(38)46)24-10-6-5-7-11-25-41-47(3,4)45-37-23-17-15-21-35(37)29-31-39(45)49(41)33-19-9-13-27-43(52)53/h5-7,10-11,14-17,20-25,28-31H,8-9,12-13,18-19,26-27,32-33H2,1-4H3,(H-,50,51,52,53). The number of carboxylic acid groups (broad SMARTS) is 2. The number of benzene rings is 4. The summed E-state index contributed by atoms with van der Waals surface area (Å²) < 4.78 is 2.42. The number of carboxylic acids is 2. The lowest BCUT2D eigenvalue weighted by Gasteiger charge is -2.27. The van der Waals surface area contributed by atoms with Crippen LogP contribution in [0.15, 0.2) is 121 Å². The summed E-state index contributed by atoms with van der Waals surface area (Å²) in [7, 11) is 0. The number of fused-ring (bicyclic) bond motifs is 6. The number of carbonyl (C=O) groups excluding carboxylic acids is 1. The Labute approximate surface area is 314 Å². The van der Waals surface area contributed by atoms with E-state index in [9.17, 15) is 14.7 Å². The Morgan fingerprint density at radius 3 is 2.04 bits per heavy atom. The number of hydrogen-bond donors (Lipinski definition) is 1. The normalized spacial score (nSPS) is 17.0. The molecule has 274 valence electrons. The minimum absolute atomic E-state index is 0.103. The van der Waals surface area contributed by atoms with Crippen molar-refractivity contribution >= 4 is 50.6 Å². The summed E-state index contributed by atoms with van der Waals surface area (Å²) in [5, 5.41) is 25.1. The molecule has 6 rings (SSSR count). The summed E-state index contributed by atoms with van der Waals surface area (Å²) in [5.74, 6) is -1.72. The average Bonchev–Trinajstić information content (AvgIpc) is 3.49. The number of unbranched alkanes of at least 4 members (excludes halogenated alkanes) is 4. The first-order chi connectivity index (χ1) is 25.5. The van der Waals surface area contributed by atoms with Gasteiger partial charge in [0.15, 0.2) is 5.71 Å². The highest BCUT2D eigenvalue weighted by molar-refractivity contribution is 6.07. The first-order valence-electron chi connectivity index (χ1n) is 19.1. The Morgan fingerprint density at radius 2 is 1.32 bits per heavy atom. The molecule has 4 aromatic rings. The smallest absolute Gasteiger partial charge is 0.303 e. The predicted molar refractivity (Wildman–Crippen MR) is 216 cm³/mol. The predicted octanol–water partition coefficient (Wildman–Crippen LogP) is 9.67. The van der Waals surface area contributed by atoms with Gasteiger partial charge in [0.05, 0.1) is 5.41 Å². The van der Waals surface area contributed by atoms with Crippen LogP contribution in [-0.4, -0.2) is 40.4 Å². The third-order valence-corrected chi connectivity index (χ3v) is 11.0. The maximum atomic E-state index is 11.1. The van der Waals surface area contributed by atoms with E-state index in [-0.39, 0.29) is 23.7 Å². The Morgan fingerprint density at radius 1 is 0.698 bits per heavy atom. The summed E-state index contributed by atoms with van der Waals surface area (Å²) in [6.45, 7) is 10.9. The molecule has 1 N–H and O–H groups in total. The second-order valence-electron chi connectivity index (χ2n) is 15.4. The fraction of sp³-hybridized carbons (Fsp3) is 0.340. The second kappa shape index (κ2) is 16.2. The van der Waals surface area contributed by atoms with Crippen molar-refractivity contribution in [1.82, 2.24) is 0 Å². The topological polar surface area (TPSA) is 83.7 Å². The van der Waals surface area contributed by atoms with Crippen molar-refractivity contribution in [3.63, 3.8) is 0 Å². The number of carbonyl (C=O) groups is 2. The first-order valence-corrected chi connectivity index (χ1v) is 19.1. The van der Waals surface area contributed by atoms with Crippen LogP contribution in [0.25, 0.3) is 21.5 Å². The molecular formula is C47H52N2O4. The van der Waals surface area contributed by atoms with Gasteiger partial charge in [-0.25, -0.2) is 0 Å². The molecule has 0 atom stereocenters. The van der Waals surface area contributed by atoms with Gasteiger partial charge in [-0.2, -0.15) is 4.58 Å². The van der Waals surface area contributed by atoms with E-state index >= 15 is 0 Å². The SMILES string of the molecule is CC1(C)C(/C=C/C=C/C=C/C=C2/N(CCCCCC(=O)O)c3ccc4ccccc4c3C2(C)C)=[N+](CCCCCC(=O)[O-])c2ccc3ccccc3c21. The number of hydrogen-bond acceptors (Lipinski definition) is 4. The highest BCUT2D eigenvalue weighted by Crippen LogP contribution is 2.51. The van der Waals surface area contributed by atoms with E-state index in [4.69, 9.17) is 5.11 Å². The minimum atomic E-state index is -0.982. The highest BCUT2D eigenvalue weighted by Gasteiger charge is 2.45. The molecule has 6 heteroatoms. The molecule has 0 unspecified atom stereocenters. The fourth-order valence-corrected chi connectivity index (χ4v) is 8.48. The van der Waals surface area contributed by atoms with E-state index in [0.29, 0.717) is 12.8 Å². The second-order valence-corrected chi connectivity index (χ2v) is 15.4. The molecule has 0 saturated heterocycles. The molecule has 0 aliphatic carbocycles. The molecule has 0 bridgehead atoms. The van der Waals surface area contributed by atoms with Gasteiger partial charge in [0.25, 0.3) is 0 Å². The Balaban J connectivity index is 1.23. The van der Waals surface area contributed by atoms with Crippen LogP contribution in [0.1, 0.15) is 90.2 Å². The van der Waals surface area contributed by atoms with E-state index in [1.54, 1.807) is 0 Å². The lowest BCUT2D eigenvalue weighted by atomic mass is 9.79. The van der Waals surface area contributed by atoms with Gasteiger partial charge in [0.2, 0.25) is 5.69 Å². The molecular weight excluding hydrogens is 657 g/mol. The quantitative estimate of drug-likeness (QED) is 0.0712. The van der Waals surface area contributed by atoms with Crippen LogP contribution < -0.4 is 10.0 Å². The zero-order valence-electron chi connectivity index (χ0n) is 31.6. The lowest BCUT2D eigenvalue weighted by molar-refractivity contribution is -0.438. The van der Waals surface area contributed by atoms with E-state index in [2.05, 4.69) is 152 Å². The fourth-order valence-electron chi connectivity index (χ4n) is 8.48. The van der Waals surface area contributed by atoms with Crippen molar-refractivity contribution in [1.29, 1.82) is 0 Å². The lowest BCUT2D eigenvalue weighted by Crippen LogP contribution is -2.28. The third-order valence-electron chi connectivity index (χ3n) is 11.0. The summed E-state index contributed by atoms with van der Waals surface area (Å²) in [5.41, 5.74) is 7.19. The molecule has 0 fully saturated rings. The Hall–Kier alpha value is -5.23. The molecule has 0 aromatic heterocycles. The van der Waals surface area contributed by atoms with Gasteiger partial charge in [-0.05, 0) is 91.3 Å². The highest BCUT2D eigenvalue weighted by atomic mass is 16.4. The maximum Gasteiger partial charge on any atom is 0.303 e. The van der Waals surface area contributed by atoms with Crippen LogP contribution >= 0.6 is 0 Å². The molecule has 0 amide bonds. The van der Waals surface area contributed by atoms with Crippen LogP contribution in [0.5, 0.6) is 0 Å². The molecule has 2 aliphatic rings. The molecule has 2 aliphatic heterocycles. The van der Waals surface area contributed by atoms with Gasteiger partial charge in [-0.1, -0.05) is 105 Å². The van der Waals surface area contributed by atoms with Gasteiger partial charge in [0.1, 0.15) is 6.54 Å². The van der Waals surface area contributed by atoms with Gasteiger partial charge in [-0.15, -0.1) is 0 Å². The van der Waals surface area contributed by atoms with E-state index in [1.165, 1.54) is 55.5 Å². The maximum absolute atomic E-state index is 11.1. The largest absolute Gasteiger partial charge is 0.550 e. The summed E-state index contributed by atoms with van der Waals surface area (Å²) in [4.78, 5) is 24.5. The van der Waals surface area contributed by atoms with Crippen molar-refractivity contribution in [3.8, 4) is 0 Å². The van der Waals surface area contributed by atoms with Crippen molar-refractivity contribution in [3.05, 3.63) is 132 Å². The van der Waals surface area contributed by atoms with Crippen LogP contribution in [0.4, 0.5) is 11.4 Å². The first kappa shape index (κ1) is 37.5. The molecule has 2 heterocycles. The molecule has 0 radical (unpaired) electrons. The zero-order chi connectivity index (χ0) is 37.6. The number of anilines is 1. The number of allylic oxidation sites excluding steroid dienone is 8. The Bertz CT molecular complexity index is 2160. The number of nitrogens with zero attached hydrogens (tertiary/aromatic N) is 2. The van der Waals surface area contributed by atoms with Crippen molar-refractivity contribution in [2.45, 2.75) is 89.9 Å². The monoisotopic (exact) mass is 708 g/mol. The van der Waals surface area contributed by atoms with Gasteiger partial charge in [-0.3, -0.25) is 4.79 Å². The van der Waals surface area contributed by atoms with Gasteiger partial charge >= 0.3 is 5.97 Å². The average molecular weight is 709 g/mol. The van der Waals surface area contributed by atoms with Crippen LogP contribution in [0, 0.1) is 0 Å². The van der Waals surface area contributed by atoms with Crippen molar-refractivity contribution in [2.75, 3.05) is 18.0 Å². The molecule has 0 spiro atoms. The van der Waals surface area contributed by atoms with Crippen LogP contribution in [-0.2, 0) is 20.4 Å². The number of rotatable bonds is 16. The van der Waals surface area contributed by atoms with Crippen LogP contribution in [0.3, 0.4) is 0 Å². The summed E-state index contributed by atoms with van der Waals surface area (Å²) in [6.07, 6.45) is 20.1. The van der Waals surface area contributed by atoms with E-state index < -0.39 is 11.9 Å². The minimum Gasteiger partial charge on any atom is -0.550 e. The van der Waals surface area contributed by atoms with Crippen molar-refractivity contribution in [2.24, 2.45) is 0 Å². The third kappa shape index (κ3) is 7.92. The zero-order valence-corrected chi connectivity index (χ0v) is 31.6.